The Kier molecular flexibility index (Phi) is 5.40. The highest BCUT2D eigenvalue weighted by Gasteiger charge is 2.16. The molecule has 2 rings (SSSR count). The molecule has 4 heteroatoms. The van der Waals surface area contributed by atoms with E-state index in [0.29, 0.717) is 10.8 Å². The fourth-order valence-corrected chi connectivity index (χ4v) is 2.39. The van der Waals surface area contributed by atoms with Crippen molar-refractivity contribution in [2.75, 3.05) is 5.06 Å². The lowest BCUT2D eigenvalue weighted by Gasteiger charge is -2.19. The number of benzene rings is 2. The normalized spacial score (nSPS) is 10.5. The van der Waals surface area contributed by atoms with Crippen molar-refractivity contribution < 1.29 is 14.7 Å². The molecule has 4 nitrogen and oxygen atoms in total. The number of hydrogen-bond donors (Lipinski definition) is 1. The lowest BCUT2D eigenvalue weighted by Crippen LogP contribution is -2.27. The van der Waals surface area contributed by atoms with Crippen molar-refractivity contribution in [3.63, 3.8) is 0 Å². The highest BCUT2D eigenvalue weighted by molar-refractivity contribution is 5.91. The minimum atomic E-state index is -0.344. The number of ether oxygens (including phenoxy) is 1. The maximum Gasteiger partial charge on any atom is 0.250 e. The van der Waals surface area contributed by atoms with Gasteiger partial charge in [-0.05, 0) is 44.0 Å². The monoisotopic (exact) mass is 313 g/mol. The summed E-state index contributed by atoms with van der Waals surface area (Å²) < 4.78 is 5.87. The Balaban J connectivity index is 2.24. The van der Waals surface area contributed by atoms with E-state index in [0.717, 1.165) is 22.4 Å². The standard InChI is InChI=1S/C19H23NO3/c1-5-19(21)20(22)17-11-14(3)6-8-16(17)12-23-18-9-7-13(2)10-15(18)4/h6-11,22H,5,12H2,1-4H3. The number of anilines is 1. The zero-order valence-electron chi connectivity index (χ0n) is 14.1. The molecule has 0 spiro atoms. The SMILES string of the molecule is CCC(=O)N(O)c1cc(C)ccc1COc1ccc(C)cc1C. The molecule has 122 valence electrons. The fraction of sp³-hybridized carbons (Fsp3) is 0.316. The summed E-state index contributed by atoms with van der Waals surface area (Å²) in [5.74, 6) is 0.455. The predicted octanol–water partition coefficient (Wildman–Crippen LogP) is 4.32. The summed E-state index contributed by atoms with van der Waals surface area (Å²) in [6, 6.07) is 11.6. The van der Waals surface area contributed by atoms with Gasteiger partial charge >= 0.3 is 0 Å². The molecule has 0 radical (unpaired) electrons. The first kappa shape index (κ1) is 17.0. The molecule has 0 aromatic heterocycles. The second-order valence-electron chi connectivity index (χ2n) is 5.75. The Morgan fingerprint density at radius 2 is 1.74 bits per heavy atom. The molecule has 2 aromatic rings. The molecule has 0 heterocycles. The summed E-state index contributed by atoms with van der Waals surface area (Å²) in [4.78, 5) is 11.8. The first-order valence-corrected chi connectivity index (χ1v) is 7.73. The van der Waals surface area contributed by atoms with Crippen molar-refractivity contribution in [2.45, 2.75) is 40.7 Å². The molecule has 0 fully saturated rings. The first-order chi connectivity index (χ1) is 10.9. The number of nitrogens with zero attached hydrogens (tertiary/aromatic N) is 1. The van der Waals surface area contributed by atoms with E-state index in [1.165, 1.54) is 5.56 Å². The van der Waals surface area contributed by atoms with Crippen LogP contribution < -0.4 is 9.80 Å². The molecule has 0 saturated carbocycles. The van der Waals surface area contributed by atoms with E-state index >= 15 is 0 Å². The lowest BCUT2D eigenvalue weighted by molar-refractivity contribution is -0.123. The van der Waals surface area contributed by atoms with Crippen molar-refractivity contribution in [1.82, 2.24) is 0 Å². The van der Waals surface area contributed by atoms with E-state index in [-0.39, 0.29) is 18.9 Å². The maximum absolute atomic E-state index is 11.8. The average Bonchev–Trinajstić information content (AvgIpc) is 2.53. The molecule has 0 unspecified atom stereocenters. The third kappa shape index (κ3) is 4.11. The summed E-state index contributed by atoms with van der Waals surface area (Å²) >= 11 is 0. The molecule has 0 aliphatic heterocycles. The Morgan fingerprint density at radius 1 is 1.09 bits per heavy atom. The molecule has 23 heavy (non-hydrogen) atoms. The predicted molar refractivity (Wildman–Crippen MR) is 91.0 cm³/mol. The van der Waals surface area contributed by atoms with Gasteiger partial charge in [0.1, 0.15) is 12.4 Å². The zero-order valence-corrected chi connectivity index (χ0v) is 14.1. The van der Waals surface area contributed by atoms with Gasteiger partial charge in [0.2, 0.25) is 5.91 Å². The molecule has 0 atom stereocenters. The number of carbonyl (C=O) groups excluding carboxylic acids is 1. The van der Waals surface area contributed by atoms with Gasteiger partial charge in [-0.25, -0.2) is 0 Å². The third-order valence-corrected chi connectivity index (χ3v) is 3.72. The molecule has 2 aromatic carbocycles. The van der Waals surface area contributed by atoms with E-state index in [4.69, 9.17) is 4.74 Å². The van der Waals surface area contributed by atoms with Gasteiger partial charge in [-0.1, -0.05) is 36.8 Å². The van der Waals surface area contributed by atoms with Crippen molar-refractivity contribution in [2.24, 2.45) is 0 Å². The highest BCUT2D eigenvalue weighted by Crippen LogP contribution is 2.25. The molecule has 0 aliphatic carbocycles. The summed E-state index contributed by atoms with van der Waals surface area (Å²) in [5.41, 5.74) is 4.45. The van der Waals surface area contributed by atoms with Crippen molar-refractivity contribution in [3.8, 4) is 5.75 Å². The van der Waals surface area contributed by atoms with E-state index in [1.54, 1.807) is 13.0 Å². The van der Waals surface area contributed by atoms with Gasteiger partial charge in [0.05, 0.1) is 5.69 Å². The minimum absolute atomic E-state index is 0.238. The Morgan fingerprint density at radius 3 is 2.39 bits per heavy atom. The second kappa shape index (κ2) is 7.29. The van der Waals surface area contributed by atoms with Crippen LogP contribution in [0.1, 0.15) is 35.6 Å². The van der Waals surface area contributed by atoms with Crippen molar-refractivity contribution >= 4 is 11.6 Å². The molecule has 0 aliphatic rings. The topological polar surface area (TPSA) is 49.8 Å². The van der Waals surface area contributed by atoms with E-state index < -0.39 is 0 Å². The molecule has 0 saturated heterocycles. The summed E-state index contributed by atoms with van der Waals surface area (Å²) in [7, 11) is 0. The minimum Gasteiger partial charge on any atom is -0.489 e. The van der Waals surface area contributed by atoms with Crippen molar-refractivity contribution in [1.29, 1.82) is 0 Å². The summed E-state index contributed by atoms with van der Waals surface area (Å²) in [5, 5.41) is 10.8. The number of hydrogen-bond acceptors (Lipinski definition) is 3. The van der Waals surface area contributed by atoms with Crippen LogP contribution in [0, 0.1) is 20.8 Å². The van der Waals surface area contributed by atoms with E-state index in [2.05, 4.69) is 6.07 Å². The van der Waals surface area contributed by atoms with Crippen LogP contribution in [-0.4, -0.2) is 11.1 Å². The summed E-state index contributed by atoms with van der Waals surface area (Å²) in [6.45, 7) is 7.95. The van der Waals surface area contributed by atoms with Crippen LogP contribution in [0.15, 0.2) is 36.4 Å². The van der Waals surface area contributed by atoms with Gasteiger partial charge in [-0.15, -0.1) is 0 Å². The molecule has 0 bridgehead atoms. The van der Waals surface area contributed by atoms with Crippen LogP contribution in [0.5, 0.6) is 5.75 Å². The zero-order chi connectivity index (χ0) is 17.0. The molecule has 1 N–H and O–H groups in total. The van der Waals surface area contributed by atoms with Gasteiger partial charge < -0.3 is 4.74 Å². The van der Waals surface area contributed by atoms with Gasteiger partial charge in [-0.3, -0.25) is 10.0 Å². The van der Waals surface area contributed by atoms with E-state index in [1.807, 2.05) is 45.0 Å². The van der Waals surface area contributed by atoms with Crippen LogP contribution in [0.25, 0.3) is 0 Å². The van der Waals surface area contributed by atoms with Crippen LogP contribution in [0.2, 0.25) is 0 Å². The smallest absolute Gasteiger partial charge is 0.250 e. The quantitative estimate of drug-likeness (QED) is 0.660. The first-order valence-electron chi connectivity index (χ1n) is 7.73. The molecule has 1 amide bonds. The van der Waals surface area contributed by atoms with Gasteiger partial charge in [0.25, 0.3) is 0 Å². The van der Waals surface area contributed by atoms with E-state index in [9.17, 15) is 10.0 Å². The van der Waals surface area contributed by atoms with Gasteiger partial charge in [-0.2, -0.15) is 5.06 Å². The highest BCUT2D eigenvalue weighted by atomic mass is 16.5. The van der Waals surface area contributed by atoms with Gasteiger partial charge in [0, 0.05) is 12.0 Å². The third-order valence-electron chi connectivity index (χ3n) is 3.72. The number of aryl methyl sites for hydroxylation is 3. The van der Waals surface area contributed by atoms with Gasteiger partial charge in [0.15, 0.2) is 0 Å². The lowest BCUT2D eigenvalue weighted by atomic mass is 10.1. The number of amides is 1. The molecular weight excluding hydrogens is 290 g/mol. The number of carbonyl (C=O) groups is 1. The summed E-state index contributed by atoms with van der Waals surface area (Å²) in [6.07, 6.45) is 0.238. The van der Waals surface area contributed by atoms with Crippen molar-refractivity contribution in [3.05, 3.63) is 58.7 Å². The number of hydroxylamine groups is 1. The van der Waals surface area contributed by atoms with Crippen LogP contribution in [-0.2, 0) is 11.4 Å². The molecular formula is C19H23NO3. The average molecular weight is 313 g/mol. The Hall–Kier alpha value is -2.33. The fourth-order valence-electron chi connectivity index (χ4n) is 2.39. The van der Waals surface area contributed by atoms with Crippen LogP contribution in [0.3, 0.4) is 0 Å². The van der Waals surface area contributed by atoms with Crippen LogP contribution >= 0.6 is 0 Å². The largest absolute Gasteiger partial charge is 0.489 e. The maximum atomic E-state index is 11.8. The van der Waals surface area contributed by atoms with Crippen LogP contribution in [0.4, 0.5) is 5.69 Å². The number of rotatable bonds is 5. The second-order valence-corrected chi connectivity index (χ2v) is 5.75. The Labute approximate surface area is 137 Å². The Bertz CT molecular complexity index is 710.